The minimum Gasteiger partial charge on any atom is -0.699 e. The summed E-state index contributed by atoms with van der Waals surface area (Å²) in [6.45, 7) is 0. The van der Waals surface area contributed by atoms with E-state index in [0.29, 0.717) is 21.4 Å². The maximum Gasteiger partial charge on any atom is 0.294 e. The standard InChI is InChI=1S/C14H12N2O2/c17-15-13-7-3-1-5-11(13)9-10-12-6-2-4-8-14(12)16(15)18/h1-8H,9-10H2. The highest BCUT2D eigenvalue weighted by atomic mass is 16.6. The zero-order chi connectivity index (χ0) is 12.5. The summed E-state index contributed by atoms with van der Waals surface area (Å²) in [7, 11) is 0. The highest BCUT2D eigenvalue weighted by Gasteiger charge is 2.26. The lowest BCUT2D eigenvalue weighted by molar-refractivity contribution is -0.469. The van der Waals surface area contributed by atoms with Crippen molar-refractivity contribution in [1.29, 1.82) is 0 Å². The number of nitrogens with zero attached hydrogens (tertiary/aromatic N) is 2. The second kappa shape index (κ2) is 4.23. The lowest BCUT2D eigenvalue weighted by Gasteiger charge is -2.23. The zero-order valence-electron chi connectivity index (χ0n) is 9.74. The van der Waals surface area contributed by atoms with Gasteiger partial charge in [-0.3, -0.25) is 0 Å². The van der Waals surface area contributed by atoms with E-state index < -0.39 is 0 Å². The van der Waals surface area contributed by atoms with Crippen LogP contribution in [0, 0.1) is 10.1 Å². The van der Waals surface area contributed by atoms with E-state index in [4.69, 9.17) is 0 Å². The lowest BCUT2D eigenvalue weighted by atomic mass is 10.0. The largest absolute Gasteiger partial charge is 0.699 e. The Balaban J connectivity index is 2.13. The van der Waals surface area contributed by atoms with Gasteiger partial charge in [0.25, 0.3) is 5.69 Å². The van der Waals surface area contributed by atoms with E-state index in [2.05, 4.69) is 0 Å². The molecule has 18 heavy (non-hydrogen) atoms. The van der Waals surface area contributed by atoms with E-state index in [9.17, 15) is 10.1 Å². The summed E-state index contributed by atoms with van der Waals surface area (Å²) in [5, 5.41) is 12.5. The summed E-state index contributed by atoms with van der Waals surface area (Å²) in [5.41, 5.74) is 2.68. The van der Waals surface area contributed by atoms with E-state index in [1.54, 1.807) is 24.3 Å². The van der Waals surface area contributed by atoms with Crippen molar-refractivity contribution in [1.82, 2.24) is 0 Å². The highest BCUT2D eigenvalue weighted by molar-refractivity contribution is 5.55. The summed E-state index contributed by atoms with van der Waals surface area (Å²) >= 11 is 0. The quantitative estimate of drug-likeness (QED) is 0.665. The number of para-hydroxylation sites is 2. The fraction of sp³-hybridized carbons (Fsp3) is 0.143. The molecule has 0 atom stereocenters. The number of hydrogen-bond donors (Lipinski definition) is 0. The summed E-state index contributed by atoms with van der Waals surface area (Å²) in [6, 6.07) is 14.5. The van der Waals surface area contributed by atoms with Crippen LogP contribution < -0.4 is 5.17 Å². The van der Waals surface area contributed by atoms with E-state index >= 15 is 0 Å². The Morgan fingerprint density at radius 1 is 0.944 bits per heavy atom. The smallest absolute Gasteiger partial charge is 0.294 e. The first kappa shape index (κ1) is 10.9. The molecule has 4 heteroatoms. The molecule has 2 aromatic carbocycles. The van der Waals surface area contributed by atoms with E-state index in [0.717, 1.165) is 24.0 Å². The Labute approximate surface area is 105 Å². The van der Waals surface area contributed by atoms with Crippen LogP contribution in [-0.2, 0) is 12.8 Å². The van der Waals surface area contributed by atoms with Crippen LogP contribution >= 0.6 is 0 Å². The third-order valence-corrected chi connectivity index (χ3v) is 3.22. The Bertz CT molecular complexity index is 610. The number of benzene rings is 2. The molecule has 0 aromatic heterocycles. The Kier molecular flexibility index (Phi) is 2.57. The molecule has 0 radical (unpaired) electrons. The number of fused-ring (bicyclic) bond motifs is 2. The average molecular weight is 240 g/mol. The van der Waals surface area contributed by atoms with Crippen LogP contribution in [0.2, 0.25) is 0 Å². The van der Waals surface area contributed by atoms with Gasteiger partial charge in [-0.25, -0.2) is 0 Å². The molecule has 4 nitrogen and oxygen atoms in total. The fourth-order valence-corrected chi connectivity index (χ4v) is 2.28. The molecule has 0 N–H and O–H groups in total. The third-order valence-electron chi connectivity index (χ3n) is 3.22. The Morgan fingerprint density at radius 2 is 1.56 bits per heavy atom. The summed E-state index contributed by atoms with van der Waals surface area (Å²) in [5.74, 6) is 0. The summed E-state index contributed by atoms with van der Waals surface area (Å²) in [6.07, 6.45) is 1.53. The molecule has 2 aromatic rings. The van der Waals surface area contributed by atoms with Crippen LogP contribution in [0.5, 0.6) is 0 Å². The topological polar surface area (TPSA) is 46.4 Å². The second-order valence-corrected chi connectivity index (χ2v) is 4.30. The van der Waals surface area contributed by atoms with Gasteiger partial charge in [-0.05, 0) is 24.5 Å². The van der Waals surface area contributed by atoms with Crippen LogP contribution in [0.4, 0.5) is 11.4 Å². The van der Waals surface area contributed by atoms with Gasteiger partial charge in [-0.15, -0.1) is 0 Å². The van der Waals surface area contributed by atoms with Crippen molar-refractivity contribution in [3.8, 4) is 0 Å². The molecule has 0 spiro atoms. The Morgan fingerprint density at radius 3 is 2.39 bits per heavy atom. The molecule has 0 amide bonds. The maximum absolute atomic E-state index is 12.1. The first-order valence-electron chi connectivity index (χ1n) is 5.87. The number of nitroso groups, excluding NO2 is 1. The van der Waals surface area contributed by atoms with Crippen molar-refractivity contribution in [2.45, 2.75) is 12.8 Å². The van der Waals surface area contributed by atoms with E-state index in [-0.39, 0.29) is 0 Å². The van der Waals surface area contributed by atoms with Crippen molar-refractivity contribution >= 4 is 11.4 Å². The molecule has 0 unspecified atom stereocenters. The van der Waals surface area contributed by atoms with Gasteiger partial charge in [0.2, 0.25) is 0 Å². The third kappa shape index (κ3) is 1.67. The number of hydrogen-bond acceptors (Lipinski definition) is 2. The molecule has 1 heterocycles. The van der Waals surface area contributed by atoms with E-state index in [1.165, 1.54) is 0 Å². The van der Waals surface area contributed by atoms with Crippen molar-refractivity contribution in [2.24, 2.45) is 0 Å². The lowest BCUT2D eigenvalue weighted by Crippen LogP contribution is -2.27. The molecular weight excluding hydrogens is 228 g/mol. The second-order valence-electron chi connectivity index (χ2n) is 4.30. The number of hydrazine groups is 1. The molecule has 1 aliphatic heterocycles. The predicted molar refractivity (Wildman–Crippen MR) is 69.4 cm³/mol. The number of aryl methyl sites for hydroxylation is 2. The molecule has 0 bridgehead atoms. The monoisotopic (exact) mass is 240 g/mol. The van der Waals surface area contributed by atoms with Crippen LogP contribution in [0.1, 0.15) is 11.1 Å². The molecule has 0 saturated heterocycles. The molecule has 0 fully saturated rings. The summed E-state index contributed by atoms with van der Waals surface area (Å²) < 4.78 is 0. The maximum atomic E-state index is 12.1. The van der Waals surface area contributed by atoms with Crippen LogP contribution in [0.3, 0.4) is 0 Å². The van der Waals surface area contributed by atoms with Crippen LogP contribution in [0.25, 0.3) is 0 Å². The van der Waals surface area contributed by atoms with Gasteiger partial charge >= 0.3 is 0 Å². The molecule has 90 valence electrons. The molecule has 0 aliphatic carbocycles. The first-order chi connectivity index (χ1) is 8.77. The van der Waals surface area contributed by atoms with Gasteiger partial charge in [0, 0.05) is 11.6 Å². The zero-order valence-corrected chi connectivity index (χ0v) is 9.74. The Hall–Kier alpha value is -2.20. The van der Waals surface area contributed by atoms with Gasteiger partial charge < -0.3 is 5.21 Å². The molecule has 3 rings (SSSR count). The van der Waals surface area contributed by atoms with Gasteiger partial charge in [-0.1, -0.05) is 36.4 Å². The van der Waals surface area contributed by atoms with Crippen molar-refractivity contribution in [2.75, 3.05) is 5.17 Å². The molecular formula is C14H12N2O2. The molecule has 1 aliphatic rings. The van der Waals surface area contributed by atoms with Crippen molar-refractivity contribution in [3.63, 3.8) is 0 Å². The van der Waals surface area contributed by atoms with E-state index in [1.807, 2.05) is 24.3 Å². The minimum absolute atomic E-state index is 0.424. The normalized spacial score (nSPS) is 14.5. The van der Waals surface area contributed by atoms with Crippen LogP contribution in [-0.4, -0.2) is 4.87 Å². The highest BCUT2D eigenvalue weighted by Crippen LogP contribution is 2.30. The predicted octanol–water partition coefficient (Wildman–Crippen LogP) is 3.12. The van der Waals surface area contributed by atoms with Gasteiger partial charge in [0.15, 0.2) is 4.87 Å². The fourth-order valence-electron chi connectivity index (χ4n) is 2.28. The van der Waals surface area contributed by atoms with Gasteiger partial charge in [0.05, 0.1) is 10.6 Å². The minimum atomic E-state index is 0.424. The SMILES string of the molecule is O=[N+]1c2ccccc2CCc2ccccc2N1[O-]. The van der Waals surface area contributed by atoms with Gasteiger partial charge in [-0.2, -0.15) is 5.17 Å². The number of anilines is 1. The number of rotatable bonds is 0. The van der Waals surface area contributed by atoms with Gasteiger partial charge in [0.1, 0.15) is 0 Å². The average Bonchev–Trinajstić information content (AvgIpc) is 2.43. The van der Waals surface area contributed by atoms with Crippen molar-refractivity contribution in [3.05, 3.63) is 69.8 Å². The van der Waals surface area contributed by atoms with Crippen LogP contribution in [0.15, 0.2) is 48.5 Å². The summed E-state index contributed by atoms with van der Waals surface area (Å²) in [4.78, 5) is 12.5. The molecule has 0 saturated carbocycles. The van der Waals surface area contributed by atoms with Crippen molar-refractivity contribution < 1.29 is 4.87 Å². The first-order valence-corrected chi connectivity index (χ1v) is 5.87.